The second-order valence-electron chi connectivity index (χ2n) is 7.46. The van der Waals surface area contributed by atoms with Crippen molar-refractivity contribution in [3.63, 3.8) is 0 Å². The largest absolute Gasteiger partial charge is 0.329 e. The zero-order valence-electron chi connectivity index (χ0n) is 15.7. The van der Waals surface area contributed by atoms with Crippen LogP contribution >= 0.6 is 0 Å². The fourth-order valence-electron chi connectivity index (χ4n) is 4.12. The van der Waals surface area contributed by atoms with Crippen LogP contribution in [0.4, 0.5) is 4.39 Å². The lowest BCUT2D eigenvalue weighted by Gasteiger charge is -2.24. The van der Waals surface area contributed by atoms with Crippen molar-refractivity contribution in [2.45, 2.75) is 58.0 Å². The number of rotatable bonds is 3. The van der Waals surface area contributed by atoms with Crippen LogP contribution in [0.3, 0.4) is 0 Å². The Morgan fingerprint density at radius 1 is 1.11 bits per heavy atom. The Morgan fingerprint density at radius 3 is 2.74 bits per heavy atom. The molecule has 6 heteroatoms. The maximum atomic E-state index is 13.1. The molecule has 1 unspecified atom stereocenters. The minimum absolute atomic E-state index is 0.00545. The van der Waals surface area contributed by atoms with Crippen molar-refractivity contribution in [2.24, 2.45) is 0 Å². The van der Waals surface area contributed by atoms with Gasteiger partial charge in [0.1, 0.15) is 11.6 Å². The van der Waals surface area contributed by atoms with E-state index in [2.05, 4.69) is 14.8 Å². The van der Waals surface area contributed by atoms with Gasteiger partial charge in [-0.15, -0.1) is 10.2 Å². The van der Waals surface area contributed by atoms with Crippen molar-refractivity contribution in [3.8, 4) is 0 Å². The first-order chi connectivity index (χ1) is 13.1. The molecular weight excluding hydrogens is 343 g/mol. The molecule has 5 nitrogen and oxygen atoms in total. The van der Waals surface area contributed by atoms with Crippen LogP contribution in [-0.4, -0.2) is 32.1 Å². The summed E-state index contributed by atoms with van der Waals surface area (Å²) in [7, 11) is 0. The van der Waals surface area contributed by atoms with E-state index in [1.807, 2.05) is 11.8 Å². The van der Waals surface area contributed by atoms with E-state index in [4.69, 9.17) is 0 Å². The lowest BCUT2D eigenvalue weighted by molar-refractivity contribution is -0.127. The van der Waals surface area contributed by atoms with Crippen molar-refractivity contribution >= 4 is 11.5 Å². The molecule has 2 aliphatic rings. The fourth-order valence-corrected chi connectivity index (χ4v) is 4.12. The molecule has 0 bridgehead atoms. The molecule has 0 N–H and O–H groups in total. The molecule has 3 heterocycles. The topological polar surface area (TPSA) is 51.0 Å². The number of allylic oxidation sites excluding steroid dienone is 1. The molecule has 1 aromatic heterocycles. The third kappa shape index (κ3) is 3.66. The summed E-state index contributed by atoms with van der Waals surface area (Å²) in [6.45, 7) is 3.57. The van der Waals surface area contributed by atoms with Crippen LogP contribution in [-0.2, 0) is 17.8 Å². The second-order valence-corrected chi connectivity index (χ2v) is 7.46. The Kier molecular flexibility index (Phi) is 5.05. The van der Waals surface area contributed by atoms with Crippen molar-refractivity contribution in [2.75, 3.05) is 6.54 Å². The predicted octanol–water partition coefficient (Wildman–Crippen LogP) is 3.91. The second kappa shape index (κ2) is 7.62. The van der Waals surface area contributed by atoms with Gasteiger partial charge in [-0.2, -0.15) is 0 Å². The van der Waals surface area contributed by atoms with E-state index < -0.39 is 0 Å². The molecule has 0 spiro atoms. The Morgan fingerprint density at radius 2 is 1.93 bits per heavy atom. The molecule has 1 amide bonds. The predicted molar refractivity (Wildman–Crippen MR) is 101 cm³/mol. The zero-order valence-corrected chi connectivity index (χ0v) is 15.7. The summed E-state index contributed by atoms with van der Waals surface area (Å²) >= 11 is 0. The highest BCUT2D eigenvalue weighted by molar-refractivity contribution is 5.95. The summed E-state index contributed by atoms with van der Waals surface area (Å²) in [5, 5.41) is 8.85. The first kappa shape index (κ1) is 17.9. The van der Waals surface area contributed by atoms with Crippen molar-refractivity contribution < 1.29 is 9.18 Å². The quantitative estimate of drug-likeness (QED) is 0.772. The van der Waals surface area contributed by atoms with Crippen LogP contribution in [0.25, 0.3) is 5.57 Å². The molecule has 1 aromatic carbocycles. The van der Waals surface area contributed by atoms with Gasteiger partial charge in [0.05, 0.1) is 6.04 Å². The maximum Gasteiger partial charge on any atom is 0.247 e. The monoisotopic (exact) mass is 368 g/mol. The lowest BCUT2D eigenvalue weighted by Crippen LogP contribution is -2.31. The summed E-state index contributed by atoms with van der Waals surface area (Å²) in [6, 6.07) is 6.24. The van der Waals surface area contributed by atoms with Crippen molar-refractivity contribution in [1.82, 2.24) is 19.7 Å². The van der Waals surface area contributed by atoms with Gasteiger partial charge < -0.3 is 9.47 Å². The highest BCUT2D eigenvalue weighted by Gasteiger charge is 2.33. The highest BCUT2D eigenvalue weighted by Crippen LogP contribution is 2.33. The molecule has 1 fully saturated rings. The van der Waals surface area contributed by atoms with Gasteiger partial charge in [-0.25, -0.2) is 4.39 Å². The van der Waals surface area contributed by atoms with Crippen LogP contribution < -0.4 is 0 Å². The van der Waals surface area contributed by atoms with E-state index in [0.717, 1.165) is 68.0 Å². The molecule has 27 heavy (non-hydrogen) atoms. The van der Waals surface area contributed by atoms with E-state index in [9.17, 15) is 9.18 Å². The van der Waals surface area contributed by atoms with Crippen LogP contribution in [0.2, 0.25) is 0 Å². The van der Waals surface area contributed by atoms with Crippen molar-refractivity contribution in [3.05, 3.63) is 53.4 Å². The molecule has 1 atom stereocenters. The Balaban J connectivity index is 1.56. The number of fused-ring (bicyclic) bond motifs is 1. The maximum absolute atomic E-state index is 13.1. The van der Waals surface area contributed by atoms with E-state index in [1.165, 1.54) is 18.6 Å². The van der Waals surface area contributed by atoms with Crippen molar-refractivity contribution in [1.29, 1.82) is 0 Å². The summed E-state index contributed by atoms with van der Waals surface area (Å²) < 4.78 is 15.4. The number of aryl methyl sites for hydroxylation is 1. The van der Waals surface area contributed by atoms with Gasteiger partial charge in [-0.1, -0.05) is 18.6 Å². The van der Waals surface area contributed by atoms with Crippen LogP contribution in [0.1, 0.15) is 62.3 Å². The van der Waals surface area contributed by atoms with Crippen LogP contribution in [0, 0.1) is 5.82 Å². The van der Waals surface area contributed by atoms with E-state index in [1.54, 1.807) is 18.2 Å². The van der Waals surface area contributed by atoms with Gasteiger partial charge in [-0.05, 0) is 55.9 Å². The molecular formula is C21H25FN4O. The Labute approximate surface area is 158 Å². The fraction of sp³-hybridized carbons (Fsp3) is 0.476. The number of carbonyl (C=O) groups is 1. The number of halogens is 1. The molecule has 1 saturated heterocycles. The number of hydrogen-bond acceptors (Lipinski definition) is 3. The third-order valence-electron chi connectivity index (χ3n) is 5.61. The smallest absolute Gasteiger partial charge is 0.247 e. The molecule has 2 aliphatic heterocycles. The Bertz CT molecular complexity index is 856. The minimum atomic E-state index is -0.273. The average molecular weight is 368 g/mol. The number of carbonyl (C=O) groups excluding carboxylic acids is 1. The minimum Gasteiger partial charge on any atom is -0.329 e. The normalized spacial score (nSPS) is 20.4. The number of amides is 1. The summed E-state index contributed by atoms with van der Waals surface area (Å²) in [5.41, 5.74) is 1.70. The summed E-state index contributed by atoms with van der Waals surface area (Å²) in [5.74, 6) is 1.71. The number of aromatic nitrogens is 3. The van der Waals surface area contributed by atoms with Crippen LogP contribution in [0.15, 0.2) is 30.3 Å². The Hall–Kier alpha value is -2.50. The van der Waals surface area contributed by atoms with Gasteiger partial charge in [0.25, 0.3) is 0 Å². The van der Waals surface area contributed by atoms with Gasteiger partial charge in [0.15, 0.2) is 5.82 Å². The van der Waals surface area contributed by atoms with Gasteiger partial charge in [-0.3, -0.25) is 4.79 Å². The summed E-state index contributed by atoms with van der Waals surface area (Å²) in [6.07, 6.45) is 8.04. The summed E-state index contributed by atoms with van der Waals surface area (Å²) in [4.78, 5) is 14.9. The van der Waals surface area contributed by atoms with E-state index in [0.29, 0.717) is 0 Å². The number of hydrogen-bond donors (Lipinski definition) is 0. The molecule has 2 aromatic rings. The number of nitrogens with zero attached hydrogens (tertiary/aromatic N) is 4. The zero-order chi connectivity index (χ0) is 18.8. The molecule has 0 radical (unpaired) electrons. The van der Waals surface area contributed by atoms with E-state index >= 15 is 0 Å². The van der Waals surface area contributed by atoms with Gasteiger partial charge in [0, 0.05) is 25.6 Å². The number of benzene rings is 1. The molecule has 0 saturated carbocycles. The van der Waals surface area contributed by atoms with E-state index in [-0.39, 0.29) is 17.8 Å². The SMILES string of the molecule is C/C(=C\C(=O)N1CCCC1c1nnc2n1CCCCC2)c1ccc(F)cc1. The molecule has 4 rings (SSSR count). The first-order valence-corrected chi connectivity index (χ1v) is 9.80. The first-order valence-electron chi connectivity index (χ1n) is 9.80. The molecule has 0 aliphatic carbocycles. The third-order valence-corrected chi connectivity index (χ3v) is 5.61. The van der Waals surface area contributed by atoms with Gasteiger partial charge >= 0.3 is 0 Å². The average Bonchev–Trinajstić information content (AvgIpc) is 3.23. The molecule has 142 valence electrons. The lowest BCUT2D eigenvalue weighted by atomic mass is 10.1. The van der Waals surface area contributed by atoms with Gasteiger partial charge in [0.2, 0.25) is 5.91 Å². The highest BCUT2D eigenvalue weighted by atomic mass is 19.1. The standard InChI is InChI=1S/C21H25FN4O/c1-15(16-8-10-17(22)11-9-16)14-20(27)25-13-5-6-18(25)21-24-23-19-7-3-2-4-12-26(19)21/h8-11,14,18H,2-7,12-13H2,1H3/b15-14+. The van der Waals surface area contributed by atoms with Crippen LogP contribution in [0.5, 0.6) is 0 Å². The number of likely N-dealkylation sites (tertiary alicyclic amines) is 1.